The Kier molecular flexibility index (Phi) is 6.92. The molecule has 0 saturated heterocycles. The molecule has 0 atom stereocenters. The molecule has 7 nitrogen and oxygen atoms in total. The molecule has 0 bridgehead atoms. The fourth-order valence-corrected chi connectivity index (χ4v) is 3.01. The average molecular weight is 356 g/mol. The van der Waals surface area contributed by atoms with Crippen molar-refractivity contribution in [1.82, 2.24) is 9.21 Å². The van der Waals surface area contributed by atoms with Crippen LogP contribution in [0.2, 0.25) is 0 Å². The first kappa shape index (κ1) is 20.1. The molecule has 0 heterocycles. The van der Waals surface area contributed by atoms with Gasteiger partial charge in [0, 0.05) is 32.7 Å². The van der Waals surface area contributed by atoms with E-state index in [2.05, 4.69) is 0 Å². The number of hydrogen-bond acceptors (Lipinski definition) is 4. The van der Waals surface area contributed by atoms with E-state index < -0.39 is 16.0 Å². The van der Waals surface area contributed by atoms with Gasteiger partial charge in [-0.3, -0.25) is 9.59 Å². The molecule has 1 amide bonds. The third-order valence-corrected chi connectivity index (χ3v) is 5.18. The van der Waals surface area contributed by atoms with E-state index in [1.165, 1.54) is 43.3 Å². The Morgan fingerprint density at radius 3 is 2.08 bits per heavy atom. The molecular formula is C16H24N2O5S. The van der Waals surface area contributed by atoms with E-state index in [1.54, 1.807) is 0 Å². The Labute approximate surface area is 142 Å². The highest BCUT2D eigenvalue weighted by Crippen LogP contribution is 2.16. The summed E-state index contributed by atoms with van der Waals surface area (Å²) >= 11 is 0. The van der Waals surface area contributed by atoms with Crippen LogP contribution in [0.4, 0.5) is 0 Å². The summed E-state index contributed by atoms with van der Waals surface area (Å²) in [7, 11) is -0.679. The van der Waals surface area contributed by atoms with Crippen molar-refractivity contribution >= 4 is 21.9 Å². The molecule has 0 aromatic heterocycles. The van der Waals surface area contributed by atoms with Crippen LogP contribution in [0.25, 0.3) is 0 Å². The van der Waals surface area contributed by atoms with Crippen molar-refractivity contribution in [1.29, 1.82) is 0 Å². The summed E-state index contributed by atoms with van der Waals surface area (Å²) in [5, 5.41) is 8.82. The fraction of sp³-hybridized carbons (Fsp3) is 0.500. The molecule has 0 radical (unpaired) electrons. The number of rotatable bonds is 8. The number of benzene rings is 1. The first-order valence-corrected chi connectivity index (χ1v) is 9.03. The smallest absolute Gasteiger partial charge is 0.305 e. The number of hydrogen-bond donors (Lipinski definition) is 1. The Bertz CT molecular complexity index is 681. The van der Waals surface area contributed by atoms with Crippen LogP contribution >= 0.6 is 0 Å². The molecule has 0 fully saturated rings. The molecule has 0 unspecified atom stereocenters. The second-order valence-electron chi connectivity index (χ2n) is 6.10. The first-order chi connectivity index (χ1) is 11.1. The number of carbonyl (C=O) groups excluding carboxylic acids is 1. The van der Waals surface area contributed by atoms with Crippen molar-refractivity contribution in [3.8, 4) is 0 Å². The van der Waals surface area contributed by atoms with Crippen molar-refractivity contribution in [3.05, 3.63) is 29.8 Å². The lowest BCUT2D eigenvalue weighted by molar-refractivity contribution is -0.137. The van der Waals surface area contributed by atoms with E-state index in [1.807, 2.05) is 13.8 Å². The average Bonchev–Trinajstić information content (AvgIpc) is 2.50. The molecule has 1 aromatic carbocycles. The molecule has 0 spiro atoms. The number of carbonyl (C=O) groups is 2. The standard InChI is InChI=1S/C16H24N2O5S/c1-12(2)11-18(10-9-15(19)20)16(21)13-5-7-14(8-6-13)24(22,23)17(3)4/h5-8,12H,9-11H2,1-4H3,(H,19,20). The van der Waals surface area contributed by atoms with E-state index in [-0.39, 0.29) is 29.7 Å². The van der Waals surface area contributed by atoms with Gasteiger partial charge >= 0.3 is 5.97 Å². The van der Waals surface area contributed by atoms with Crippen LogP contribution in [0, 0.1) is 5.92 Å². The maximum absolute atomic E-state index is 12.6. The van der Waals surface area contributed by atoms with Gasteiger partial charge in [-0.2, -0.15) is 0 Å². The van der Waals surface area contributed by atoms with Crippen molar-refractivity contribution in [2.45, 2.75) is 25.2 Å². The minimum Gasteiger partial charge on any atom is -0.481 e. The van der Waals surface area contributed by atoms with Gasteiger partial charge < -0.3 is 10.0 Å². The van der Waals surface area contributed by atoms with Gasteiger partial charge in [0.15, 0.2) is 0 Å². The van der Waals surface area contributed by atoms with E-state index in [0.717, 1.165) is 4.31 Å². The summed E-state index contributed by atoms with van der Waals surface area (Å²) in [6, 6.07) is 5.67. The summed E-state index contributed by atoms with van der Waals surface area (Å²) in [6.45, 7) is 4.43. The third-order valence-electron chi connectivity index (χ3n) is 3.35. The number of amides is 1. The maximum Gasteiger partial charge on any atom is 0.305 e. The predicted molar refractivity (Wildman–Crippen MR) is 90.3 cm³/mol. The van der Waals surface area contributed by atoms with Crippen molar-refractivity contribution in [2.24, 2.45) is 5.92 Å². The summed E-state index contributed by atoms with van der Waals surface area (Å²) in [6.07, 6.45) is -0.133. The molecule has 0 aliphatic carbocycles. The third kappa shape index (κ3) is 5.31. The topological polar surface area (TPSA) is 95.0 Å². The molecular weight excluding hydrogens is 332 g/mol. The summed E-state index contributed by atoms with van der Waals surface area (Å²) in [5.41, 5.74) is 0.332. The highest BCUT2D eigenvalue weighted by Gasteiger charge is 2.20. The lowest BCUT2D eigenvalue weighted by atomic mass is 10.1. The molecule has 24 heavy (non-hydrogen) atoms. The lowest BCUT2D eigenvalue weighted by Crippen LogP contribution is -2.36. The zero-order valence-electron chi connectivity index (χ0n) is 14.4. The van der Waals surface area contributed by atoms with Gasteiger partial charge in [-0.25, -0.2) is 12.7 Å². The van der Waals surface area contributed by atoms with Crippen LogP contribution in [-0.2, 0) is 14.8 Å². The van der Waals surface area contributed by atoms with Gasteiger partial charge in [-0.1, -0.05) is 13.8 Å². The second kappa shape index (κ2) is 8.25. The lowest BCUT2D eigenvalue weighted by Gasteiger charge is -2.24. The summed E-state index contributed by atoms with van der Waals surface area (Å²) in [5.74, 6) is -1.08. The number of carboxylic acids is 1. The van der Waals surface area contributed by atoms with Crippen LogP contribution in [0.15, 0.2) is 29.2 Å². The highest BCUT2D eigenvalue weighted by molar-refractivity contribution is 7.89. The van der Waals surface area contributed by atoms with E-state index in [4.69, 9.17) is 5.11 Å². The zero-order valence-corrected chi connectivity index (χ0v) is 15.2. The Hall–Kier alpha value is -1.93. The largest absolute Gasteiger partial charge is 0.481 e. The zero-order chi connectivity index (χ0) is 18.5. The second-order valence-corrected chi connectivity index (χ2v) is 8.25. The van der Waals surface area contributed by atoms with Gasteiger partial charge in [0.25, 0.3) is 5.91 Å². The Morgan fingerprint density at radius 2 is 1.67 bits per heavy atom. The molecule has 8 heteroatoms. The minimum atomic E-state index is -3.55. The van der Waals surface area contributed by atoms with Crippen LogP contribution in [0.1, 0.15) is 30.6 Å². The Balaban J connectivity index is 3.00. The molecule has 1 rings (SSSR count). The van der Waals surface area contributed by atoms with Gasteiger partial charge in [-0.15, -0.1) is 0 Å². The number of carboxylic acid groups (broad SMARTS) is 1. The van der Waals surface area contributed by atoms with Crippen LogP contribution in [0.3, 0.4) is 0 Å². The fourth-order valence-electron chi connectivity index (χ4n) is 2.11. The molecule has 1 aromatic rings. The summed E-state index contributed by atoms with van der Waals surface area (Å²) in [4.78, 5) is 24.9. The SMILES string of the molecule is CC(C)CN(CCC(=O)O)C(=O)c1ccc(S(=O)(=O)N(C)C)cc1. The molecule has 0 saturated carbocycles. The van der Waals surface area contributed by atoms with Crippen molar-refractivity contribution < 1.29 is 23.1 Å². The molecule has 1 N–H and O–H groups in total. The normalized spacial score (nSPS) is 11.8. The minimum absolute atomic E-state index is 0.102. The first-order valence-electron chi connectivity index (χ1n) is 7.59. The van der Waals surface area contributed by atoms with E-state index >= 15 is 0 Å². The van der Waals surface area contributed by atoms with Crippen molar-refractivity contribution in [3.63, 3.8) is 0 Å². The van der Waals surface area contributed by atoms with Gasteiger partial charge in [-0.05, 0) is 30.2 Å². The number of sulfonamides is 1. The molecule has 134 valence electrons. The van der Waals surface area contributed by atoms with Gasteiger partial charge in [0.05, 0.1) is 11.3 Å². The molecule has 0 aliphatic heterocycles. The number of nitrogens with zero attached hydrogens (tertiary/aromatic N) is 2. The van der Waals surface area contributed by atoms with E-state index in [9.17, 15) is 18.0 Å². The van der Waals surface area contributed by atoms with Crippen LogP contribution in [-0.4, -0.2) is 61.8 Å². The quantitative estimate of drug-likeness (QED) is 0.762. The Morgan fingerprint density at radius 1 is 1.12 bits per heavy atom. The monoisotopic (exact) mass is 356 g/mol. The maximum atomic E-state index is 12.6. The van der Waals surface area contributed by atoms with Crippen LogP contribution < -0.4 is 0 Å². The molecule has 0 aliphatic rings. The summed E-state index contributed by atoms with van der Waals surface area (Å²) < 4.78 is 25.2. The number of aliphatic carboxylic acids is 1. The highest BCUT2D eigenvalue weighted by atomic mass is 32.2. The van der Waals surface area contributed by atoms with Crippen molar-refractivity contribution in [2.75, 3.05) is 27.2 Å². The van der Waals surface area contributed by atoms with E-state index in [0.29, 0.717) is 12.1 Å². The van der Waals surface area contributed by atoms with Gasteiger partial charge in [0.1, 0.15) is 0 Å². The van der Waals surface area contributed by atoms with Crippen LogP contribution in [0.5, 0.6) is 0 Å². The van der Waals surface area contributed by atoms with Gasteiger partial charge in [0.2, 0.25) is 10.0 Å². The predicted octanol–water partition coefficient (Wildman–Crippen LogP) is 1.51.